The number of pyridine rings is 1. The molecule has 1 fully saturated rings. The van der Waals surface area contributed by atoms with Crippen LogP contribution in [0.4, 0.5) is 0 Å². The summed E-state index contributed by atoms with van der Waals surface area (Å²) in [7, 11) is 0. The van der Waals surface area contributed by atoms with Gasteiger partial charge >= 0.3 is 5.97 Å². The van der Waals surface area contributed by atoms with Crippen molar-refractivity contribution in [2.45, 2.75) is 18.9 Å². The zero-order valence-electron chi connectivity index (χ0n) is 9.27. The largest absolute Gasteiger partial charge is 0.480 e. The molecule has 1 N–H and O–H groups in total. The van der Waals surface area contributed by atoms with E-state index in [1.807, 2.05) is 0 Å². The lowest BCUT2D eigenvalue weighted by molar-refractivity contribution is -0.137. The maximum absolute atomic E-state index is 12.1. The standard InChI is InChI=1S/C11H10Cl2N2O3/c12-8-3-6(4-14-10(8)13)11(18)15(5-9(16)17)7-1-2-7/h3-4,7H,1-2,5H2,(H,16,17). The van der Waals surface area contributed by atoms with Crippen molar-refractivity contribution >= 4 is 35.1 Å². The molecule has 0 spiro atoms. The number of hydrogen-bond acceptors (Lipinski definition) is 3. The quantitative estimate of drug-likeness (QED) is 0.861. The number of aliphatic carboxylic acids is 1. The van der Waals surface area contributed by atoms with Gasteiger partial charge in [0.1, 0.15) is 11.7 Å². The van der Waals surface area contributed by atoms with Gasteiger partial charge in [-0.2, -0.15) is 0 Å². The second kappa shape index (κ2) is 5.12. The minimum atomic E-state index is -1.04. The van der Waals surface area contributed by atoms with Gasteiger partial charge in [0.25, 0.3) is 5.91 Å². The Morgan fingerprint density at radius 2 is 2.11 bits per heavy atom. The van der Waals surface area contributed by atoms with E-state index in [1.54, 1.807) is 0 Å². The van der Waals surface area contributed by atoms with Crippen LogP contribution in [0.5, 0.6) is 0 Å². The van der Waals surface area contributed by atoms with Gasteiger partial charge in [-0.25, -0.2) is 4.98 Å². The predicted octanol–water partition coefficient (Wildman–Crippen LogP) is 2.08. The van der Waals surface area contributed by atoms with Crippen molar-refractivity contribution in [3.8, 4) is 0 Å². The Balaban J connectivity index is 2.21. The summed E-state index contributed by atoms with van der Waals surface area (Å²) in [6.45, 7) is -0.316. The van der Waals surface area contributed by atoms with E-state index in [2.05, 4.69) is 4.98 Å². The van der Waals surface area contributed by atoms with Crippen LogP contribution >= 0.6 is 23.2 Å². The highest BCUT2D eigenvalue weighted by Crippen LogP contribution is 2.29. The molecule has 1 aliphatic rings. The van der Waals surface area contributed by atoms with E-state index in [1.165, 1.54) is 17.2 Å². The number of rotatable bonds is 4. The molecule has 7 heteroatoms. The molecule has 1 aliphatic carbocycles. The molecule has 0 radical (unpaired) electrons. The third kappa shape index (κ3) is 2.91. The molecule has 2 rings (SSSR count). The predicted molar refractivity (Wildman–Crippen MR) is 66.0 cm³/mol. The number of carboxylic acid groups (broad SMARTS) is 1. The van der Waals surface area contributed by atoms with Crippen LogP contribution in [0.25, 0.3) is 0 Å². The lowest BCUT2D eigenvalue weighted by Gasteiger charge is -2.20. The van der Waals surface area contributed by atoms with Crippen LogP contribution in [0.15, 0.2) is 12.3 Å². The molecular formula is C11H10Cl2N2O3. The summed E-state index contributed by atoms with van der Waals surface area (Å²) < 4.78 is 0. The van der Waals surface area contributed by atoms with E-state index in [0.29, 0.717) is 0 Å². The average molecular weight is 289 g/mol. The zero-order valence-corrected chi connectivity index (χ0v) is 10.8. The van der Waals surface area contributed by atoms with Crippen LogP contribution in [0.1, 0.15) is 23.2 Å². The second-order valence-electron chi connectivity index (χ2n) is 4.05. The number of carbonyl (C=O) groups excluding carboxylic acids is 1. The number of aromatic nitrogens is 1. The van der Waals surface area contributed by atoms with Crippen molar-refractivity contribution in [2.75, 3.05) is 6.54 Å². The van der Waals surface area contributed by atoms with Crippen LogP contribution < -0.4 is 0 Å². The van der Waals surface area contributed by atoms with Gasteiger partial charge in [0.05, 0.1) is 10.6 Å². The lowest BCUT2D eigenvalue weighted by Crippen LogP contribution is -2.37. The molecule has 1 aromatic heterocycles. The first-order valence-electron chi connectivity index (χ1n) is 5.33. The summed E-state index contributed by atoms with van der Waals surface area (Å²) in [5.41, 5.74) is 0.248. The number of hydrogen-bond donors (Lipinski definition) is 1. The van der Waals surface area contributed by atoms with E-state index in [4.69, 9.17) is 28.3 Å². The van der Waals surface area contributed by atoms with E-state index in [9.17, 15) is 9.59 Å². The van der Waals surface area contributed by atoms with E-state index >= 15 is 0 Å². The van der Waals surface area contributed by atoms with Crippen LogP contribution in [-0.4, -0.2) is 39.5 Å². The van der Waals surface area contributed by atoms with E-state index in [0.717, 1.165) is 12.8 Å². The smallest absolute Gasteiger partial charge is 0.323 e. The van der Waals surface area contributed by atoms with E-state index < -0.39 is 5.97 Å². The molecule has 0 bridgehead atoms. The molecule has 0 aliphatic heterocycles. The van der Waals surface area contributed by atoms with Crippen molar-refractivity contribution < 1.29 is 14.7 Å². The Hall–Kier alpha value is -1.33. The van der Waals surface area contributed by atoms with Gasteiger partial charge in [0, 0.05) is 12.2 Å². The van der Waals surface area contributed by atoms with E-state index in [-0.39, 0.29) is 34.2 Å². The lowest BCUT2D eigenvalue weighted by atomic mass is 10.2. The van der Waals surface area contributed by atoms with Gasteiger partial charge in [0.15, 0.2) is 0 Å². The summed E-state index contributed by atoms with van der Waals surface area (Å²) in [5.74, 6) is -1.42. The third-order valence-corrected chi connectivity index (χ3v) is 3.28. The normalized spacial score (nSPS) is 14.3. The first-order chi connectivity index (χ1) is 8.49. The van der Waals surface area contributed by atoms with Gasteiger partial charge in [0.2, 0.25) is 0 Å². The maximum Gasteiger partial charge on any atom is 0.323 e. The van der Waals surface area contributed by atoms with Crippen molar-refractivity contribution in [2.24, 2.45) is 0 Å². The van der Waals surface area contributed by atoms with Gasteiger partial charge in [-0.1, -0.05) is 23.2 Å². The Labute approximate surface area is 113 Å². The Bertz CT molecular complexity index is 503. The van der Waals surface area contributed by atoms with Gasteiger partial charge in [-0.05, 0) is 18.9 Å². The van der Waals surface area contributed by atoms with Crippen molar-refractivity contribution in [1.82, 2.24) is 9.88 Å². The van der Waals surface area contributed by atoms with Crippen LogP contribution in [-0.2, 0) is 4.79 Å². The first kappa shape index (κ1) is 13.1. The number of amides is 1. The highest BCUT2D eigenvalue weighted by Gasteiger charge is 2.34. The van der Waals surface area contributed by atoms with Gasteiger partial charge in [-0.3, -0.25) is 9.59 Å². The Morgan fingerprint density at radius 1 is 1.44 bits per heavy atom. The summed E-state index contributed by atoms with van der Waals surface area (Å²) in [6, 6.07) is 1.40. The van der Waals surface area contributed by atoms with Gasteiger partial charge < -0.3 is 10.0 Å². The molecule has 18 heavy (non-hydrogen) atoms. The average Bonchev–Trinajstić information content (AvgIpc) is 3.12. The Kier molecular flexibility index (Phi) is 3.73. The second-order valence-corrected chi connectivity index (χ2v) is 4.82. The summed E-state index contributed by atoms with van der Waals surface area (Å²) in [6.07, 6.45) is 2.95. The zero-order chi connectivity index (χ0) is 13.3. The fourth-order valence-corrected chi connectivity index (χ4v) is 1.87. The molecule has 1 saturated carbocycles. The number of carboxylic acids is 1. The highest BCUT2D eigenvalue weighted by atomic mass is 35.5. The van der Waals surface area contributed by atoms with Gasteiger partial charge in [-0.15, -0.1) is 0 Å². The fourth-order valence-electron chi connectivity index (χ4n) is 1.60. The molecule has 1 aromatic rings. The molecule has 0 atom stereocenters. The van der Waals surface area contributed by atoms with Crippen molar-refractivity contribution in [1.29, 1.82) is 0 Å². The summed E-state index contributed by atoms with van der Waals surface area (Å²) >= 11 is 11.4. The molecule has 1 heterocycles. The number of nitrogens with zero attached hydrogens (tertiary/aromatic N) is 2. The molecule has 0 unspecified atom stereocenters. The SMILES string of the molecule is O=C(O)CN(C(=O)c1cnc(Cl)c(Cl)c1)C1CC1. The molecule has 0 aromatic carbocycles. The van der Waals surface area contributed by atoms with Crippen molar-refractivity contribution in [3.05, 3.63) is 28.0 Å². The molecular weight excluding hydrogens is 279 g/mol. The maximum atomic E-state index is 12.1. The Morgan fingerprint density at radius 3 is 2.61 bits per heavy atom. The molecule has 1 amide bonds. The summed E-state index contributed by atoms with van der Waals surface area (Å²) in [5, 5.41) is 9.09. The topological polar surface area (TPSA) is 70.5 Å². The first-order valence-corrected chi connectivity index (χ1v) is 6.08. The molecule has 96 valence electrons. The third-order valence-electron chi connectivity index (χ3n) is 2.60. The van der Waals surface area contributed by atoms with Crippen molar-refractivity contribution in [3.63, 3.8) is 0 Å². The fraction of sp³-hybridized carbons (Fsp3) is 0.364. The monoisotopic (exact) mass is 288 g/mol. The minimum Gasteiger partial charge on any atom is -0.480 e. The van der Waals surface area contributed by atoms with Crippen LogP contribution in [0.2, 0.25) is 10.2 Å². The van der Waals surface area contributed by atoms with Crippen LogP contribution in [0.3, 0.4) is 0 Å². The highest BCUT2D eigenvalue weighted by molar-refractivity contribution is 6.41. The molecule has 5 nitrogen and oxygen atoms in total. The number of carbonyl (C=O) groups is 2. The molecule has 0 saturated heterocycles. The summed E-state index contributed by atoms with van der Waals surface area (Å²) in [4.78, 5) is 28.0. The minimum absolute atomic E-state index is 0.00283. The number of halogens is 2. The van der Waals surface area contributed by atoms with Crippen LogP contribution in [0, 0.1) is 0 Å².